The number of nitrogens with two attached hydrogens (primary N) is 1. The van der Waals surface area contributed by atoms with Crippen LogP contribution in [0.5, 0.6) is 0 Å². The molecule has 2 nitrogen and oxygen atoms in total. The van der Waals surface area contributed by atoms with Crippen molar-refractivity contribution in [2.75, 3.05) is 0 Å². The SMILES string of the molecule is Cc1cc(F)cc2cc(C(N)C(C)(C)C)oc12. The second-order valence-corrected chi connectivity index (χ2v) is 5.63. The topological polar surface area (TPSA) is 39.2 Å². The molecule has 1 atom stereocenters. The van der Waals surface area contributed by atoms with Crippen molar-refractivity contribution >= 4 is 11.0 Å². The van der Waals surface area contributed by atoms with Crippen molar-refractivity contribution in [1.29, 1.82) is 0 Å². The van der Waals surface area contributed by atoms with Crippen LogP contribution in [0.1, 0.15) is 38.1 Å². The molecule has 92 valence electrons. The van der Waals surface area contributed by atoms with Crippen molar-refractivity contribution in [3.63, 3.8) is 0 Å². The van der Waals surface area contributed by atoms with E-state index in [0.29, 0.717) is 5.76 Å². The summed E-state index contributed by atoms with van der Waals surface area (Å²) in [6.45, 7) is 8.00. The maximum Gasteiger partial charge on any atom is 0.137 e. The van der Waals surface area contributed by atoms with Gasteiger partial charge >= 0.3 is 0 Å². The Morgan fingerprint density at radius 1 is 1.24 bits per heavy atom. The number of aryl methyl sites for hydroxylation is 1. The van der Waals surface area contributed by atoms with Crippen LogP contribution in [0.4, 0.5) is 4.39 Å². The first-order valence-corrected chi connectivity index (χ1v) is 5.74. The maximum atomic E-state index is 13.3. The Balaban J connectivity index is 2.56. The quantitative estimate of drug-likeness (QED) is 0.813. The molecule has 0 amide bonds. The van der Waals surface area contributed by atoms with Gasteiger partial charge in [-0.2, -0.15) is 0 Å². The summed E-state index contributed by atoms with van der Waals surface area (Å²) >= 11 is 0. The van der Waals surface area contributed by atoms with Crippen molar-refractivity contribution in [2.45, 2.75) is 33.7 Å². The number of rotatable bonds is 1. The Morgan fingerprint density at radius 2 is 1.88 bits per heavy atom. The van der Waals surface area contributed by atoms with Gasteiger partial charge in [-0.25, -0.2) is 4.39 Å². The molecule has 0 aliphatic carbocycles. The lowest BCUT2D eigenvalue weighted by molar-refractivity contribution is 0.290. The lowest BCUT2D eigenvalue weighted by Gasteiger charge is -2.24. The number of hydrogen-bond donors (Lipinski definition) is 1. The summed E-state index contributed by atoms with van der Waals surface area (Å²) in [4.78, 5) is 0. The van der Waals surface area contributed by atoms with Crippen LogP contribution in [-0.4, -0.2) is 0 Å². The van der Waals surface area contributed by atoms with Crippen molar-refractivity contribution in [3.05, 3.63) is 35.3 Å². The minimum absolute atomic E-state index is 0.0830. The first-order chi connectivity index (χ1) is 7.79. The fourth-order valence-corrected chi connectivity index (χ4v) is 1.88. The van der Waals surface area contributed by atoms with E-state index >= 15 is 0 Å². The largest absolute Gasteiger partial charge is 0.459 e. The van der Waals surface area contributed by atoms with E-state index in [4.69, 9.17) is 10.2 Å². The molecule has 1 unspecified atom stereocenters. The zero-order chi connectivity index (χ0) is 12.8. The van der Waals surface area contributed by atoms with Crippen LogP contribution in [0, 0.1) is 18.2 Å². The molecule has 0 fully saturated rings. The number of furan rings is 1. The number of halogens is 1. The molecule has 0 aliphatic rings. The molecular weight excluding hydrogens is 217 g/mol. The molecule has 2 rings (SSSR count). The second-order valence-electron chi connectivity index (χ2n) is 5.63. The van der Waals surface area contributed by atoms with Crippen LogP contribution < -0.4 is 5.73 Å². The van der Waals surface area contributed by atoms with Crippen molar-refractivity contribution in [3.8, 4) is 0 Å². The van der Waals surface area contributed by atoms with E-state index < -0.39 is 0 Å². The highest BCUT2D eigenvalue weighted by molar-refractivity contribution is 5.81. The molecule has 2 N–H and O–H groups in total. The molecule has 0 saturated heterocycles. The lowest BCUT2D eigenvalue weighted by atomic mass is 9.86. The van der Waals surface area contributed by atoms with E-state index in [2.05, 4.69) is 20.8 Å². The Labute approximate surface area is 101 Å². The van der Waals surface area contributed by atoms with Gasteiger partial charge in [0.15, 0.2) is 0 Å². The highest BCUT2D eigenvalue weighted by Gasteiger charge is 2.25. The van der Waals surface area contributed by atoms with Crippen molar-refractivity contribution in [2.24, 2.45) is 11.1 Å². The summed E-state index contributed by atoms with van der Waals surface area (Å²) in [5.74, 6) is 0.466. The molecule has 2 aromatic rings. The van der Waals surface area contributed by atoms with Gasteiger partial charge in [-0.05, 0) is 36.1 Å². The van der Waals surface area contributed by atoms with E-state index in [0.717, 1.165) is 16.5 Å². The van der Waals surface area contributed by atoms with Gasteiger partial charge in [0.1, 0.15) is 17.2 Å². The molecular formula is C14H18FNO. The Morgan fingerprint density at radius 3 is 2.47 bits per heavy atom. The van der Waals surface area contributed by atoms with E-state index in [9.17, 15) is 4.39 Å². The average molecular weight is 235 g/mol. The van der Waals surface area contributed by atoms with Gasteiger partial charge in [-0.15, -0.1) is 0 Å². The molecule has 1 aromatic heterocycles. The van der Waals surface area contributed by atoms with Crippen LogP contribution in [0.2, 0.25) is 0 Å². The number of fused-ring (bicyclic) bond motifs is 1. The first kappa shape index (κ1) is 12.1. The summed E-state index contributed by atoms with van der Waals surface area (Å²) in [5, 5.41) is 0.775. The van der Waals surface area contributed by atoms with Crippen LogP contribution in [0.3, 0.4) is 0 Å². The average Bonchev–Trinajstić information content (AvgIpc) is 2.58. The van der Waals surface area contributed by atoms with Gasteiger partial charge < -0.3 is 10.2 Å². The Hall–Kier alpha value is -1.35. The fourth-order valence-electron chi connectivity index (χ4n) is 1.88. The summed E-state index contributed by atoms with van der Waals surface area (Å²) in [6, 6.07) is 4.59. The predicted octanol–water partition coefficient (Wildman–Crippen LogP) is 3.93. The van der Waals surface area contributed by atoms with E-state index in [-0.39, 0.29) is 17.3 Å². The maximum absolute atomic E-state index is 13.3. The first-order valence-electron chi connectivity index (χ1n) is 5.74. The van der Waals surface area contributed by atoms with E-state index in [1.165, 1.54) is 12.1 Å². The highest BCUT2D eigenvalue weighted by atomic mass is 19.1. The zero-order valence-corrected chi connectivity index (χ0v) is 10.7. The standard InChI is InChI=1S/C14H18FNO/c1-8-5-10(15)6-9-7-11(17-12(8)9)13(16)14(2,3)4/h5-7,13H,16H2,1-4H3. The number of benzene rings is 1. The molecule has 17 heavy (non-hydrogen) atoms. The van der Waals surface area contributed by atoms with Gasteiger partial charge in [0.05, 0.1) is 6.04 Å². The lowest BCUT2D eigenvalue weighted by Crippen LogP contribution is -2.25. The monoisotopic (exact) mass is 235 g/mol. The number of hydrogen-bond acceptors (Lipinski definition) is 2. The van der Waals surface area contributed by atoms with Gasteiger partial charge in [-0.3, -0.25) is 0 Å². The van der Waals surface area contributed by atoms with E-state index in [1.54, 1.807) is 0 Å². The second kappa shape index (κ2) is 3.84. The highest BCUT2D eigenvalue weighted by Crippen LogP contribution is 2.34. The summed E-state index contributed by atoms with van der Waals surface area (Å²) < 4.78 is 19.0. The minimum Gasteiger partial charge on any atom is -0.459 e. The molecule has 0 bridgehead atoms. The predicted molar refractivity (Wildman–Crippen MR) is 67.3 cm³/mol. The summed E-state index contributed by atoms with van der Waals surface area (Å²) in [5.41, 5.74) is 7.58. The third-order valence-electron chi connectivity index (χ3n) is 3.03. The normalized spacial score (nSPS) is 14.2. The van der Waals surface area contributed by atoms with Gasteiger partial charge in [0, 0.05) is 5.39 Å². The molecule has 0 aliphatic heterocycles. The summed E-state index contributed by atoms with van der Waals surface area (Å²) in [6.07, 6.45) is 0. The van der Waals surface area contributed by atoms with Crippen LogP contribution >= 0.6 is 0 Å². The minimum atomic E-state index is -0.244. The third kappa shape index (κ3) is 2.20. The van der Waals surface area contributed by atoms with Gasteiger partial charge in [0.25, 0.3) is 0 Å². The van der Waals surface area contributed by atoms with Crippen molar-refractivity contribution < 1.29 is 8.81 Å². The van der Waals surface area contributed by atoms with Crippen LogP contribution in [0.25, 0.3) is 11.0 Å². The van der Waals surface area contributed by atoms with Crippen LogP contribution in [-0.2, 0) is 0 Å². The van der Waals surface area contributed by atoms with Crippen LogP contribution in [0.15, 0.2) is 22.6 Å². The molecule has 0 spiro atoms. The fraction of sp³-hybridized carbons (Fsp3) is 0.429. The van der Waals surface area contributed by atoms with Gasteiger partial charge in [-0.1, -0.05) is 20.8 Å². The smallest absolute Gasteiger partial charge is 0.137 e. The zero-order valence-electron chi connectivity index (χ0n) is 10.7. The Kier molecular flexibility index (Phi) is 2.74. The molecule has 1 aromatic carbocycles. The summed E-state index contributed by atoms with van der Waals surface area (Å²) in [7, 11) is 0. The molecule has 1 heterocycles. The Bertz CT molecular complexity index is 551. The molecule has 0 saturated carbocycles. The molecule has 3 heteroatoms. The van der Waals surface area contributed by atoms with Gasteiger partial charge in [0.2, 0.25) is 0 Å². The van der Waals surface area contributed by atoms with E-state index in [1.807, 2.05) is 13.0 Å². The van der Waals surface area contributed by atoms with Crippen molar-refractivity contribution in [1.82, 2.24) is 0 Å². The third-order valence-corrected chi connectivity index (χ3v) is 3.03. The molecule has 0 radical (unpaired) electrons.